The number of aromatic nitrogens is 4. The van der Waals surface area contributed by atoms with Gasteiger partial charge in [-0.15, -0.1) is 0 Å². The first kappa shape index (κ1) is 15.1. The van der Waals surface area contributed by atoms with E-state index in [0.29, 0.717) is 52.7 Å². The number of aryl methyl sites for hydroxylation is 2. The van der Waals surface area contributed by atoms with Crippen LogP contribution in [0.3, 0.4) is 0 Å². The Balaban J connectivity index is 2.29. The van der Waals surface area contributed by atoms with Crippen LogP contribution in [-0.2, 0) is 6.54 Å². The first-order valence-corrected chi connectivity index (χ1v) is 7.55. The highest BCUT2D eigenvalue weighted by atomic mass is 16.5. The predicted octanol–water partition coefficient (Wildman–Crippen LogP) is 2.10. The van der Waals surface area contributed by atoms with Crippen molar-refractivity contribution in [1.29, 1.82) is 0 Å². The lowest BCUT2D eigenvalue weighted by Gasteiger charge is -2.10. The molecule has 3 rings (SSSR count). The summed E-state index contributed by atoms with van der Waals surface area (Å²) in [6.07, 6.45) is 0. The molecular weight excluding hydrogens is 294 g/mol. The van der Waals surface area contributed by atoms with Crippen LogP contribution < -0.4 is 16.0 Å². The third-order valence-corrected chi connectivity index (χ3v) is 3.64. The first-order chi connectivity index (χ1) is 11.0. The van der Waals surface area contributed by atoms with Crippen molar-refractivity contribution < 1.29 is 4.74 Å². The fraction of sp³-hybridized carbons (Fsp3) is 0.312. The summed E-state index contributed by atoms with van der Waals surface area (Å²) in [6.45, 7) is 6.80. The molecule has 0 unspecified atom stereocenters. The Kier molecular flexibility index (Phi) is 3.77. The molecule has 0 bridgehead atoms. The van der Waals surface area contributed by atoms with Crippen LogP contribution in [0.15, 0.2) is 23.0 Å². The van der Waals surface area contributed by atoms with Crippen LogP contribution in [0.5, 0.6) is 5.75 Å². The van der Waals surface area contributed by atoms with Crippen molar-refractivity contribution in [2.75, 3.05) is 12.3 Å². The molecule has 3 aromatic rings. The maximum atomic E-state index is 12.5. The molecular formula is C16H19N5O2. The largest absolute Gasteiger partial charge is 0.493 e. The van der Waals surface area contributed by atoms with Crippen LogP contribution in [-0.4, -0.2) is 26.4 Å². The van der Waals surface area contributed by atoms with Gasteiger partial charge in [-0.05, 0) is 39.0 Å². The second-order valence-electron chi connectivity index (χ2n) is 5.20. The third-order valence-electron chi connectivity index (χ3n) is 3.64. The molecule has 7 heteroatoms. The lowest BCUT2D eigenvalue weighted by molar-refractivity contribution is 0.341. The number of hydrogen-bond donors (Lipinski definition) is 2. The fourth-order valence-electron chi connectivity index (χ4n) is 2.61. The van der Waals surface area contributed by atoms with Gasteiger partial charge in [0.25, 0.3) is 5.56 Å². The van der Waals surface area contributed by atoms with E-state index in [0.717, 1.165) is 0 Å². The van der Waals surface area contributed by atoms with Crippen molar-refractivity contribution in [3.05, 3.63) is 34.2 Å². The van der Waals surface area contributed by atoms with Crippen molar-refractivity contribution in [3.63, 3.8) is 0 Å². The maximum Gasteiger partial charge on any atom is 0.262 e. The number of rotatable bonds is 4. The van der Waals surface area contributed by atoms with Gasteiger partial charge in [-0.3, -0.25) is 4.79 Å². The summed E-state index contributed by atoms with van der Waals surface area (Å²) in [4.78, 5) is 19.9. The van der Waals surface area contributed by atoms with Crippen molar-refractivity contribution >= 4 is 16.7 Å². The van der Waals surface area contributed by atoms with E-state index in [4.69, 9.17) is 10.5 Å². The van der Waals surface area contributed by atoms with Gasteiger partial charge in [0.1, 0.15) is 17.0 Å². The molecule has 1 aromatic carbocycles. The van der Waals surface area contributed by atoms with Crippen molar-refractivity contribution in [2.24, 2.45) is 0 Å². The summed E-state index contributed by atoms with van der Waals surface area (Å²) in [5.41, 5.74) is 8.13. The van der Waals surface area contributed by atoms with E-state index < -0.39 is 0 Å². The molecule has 2 aromatic heterocycles. The second kappa shape index (κ2) is 5.75. The first-order valence-electron chi connectivity index (χ1n) is 7.55. The quantitative estimate of drug-likeness (QED) is 0.719. The summed E-state index contributed by atoms with van der Waals surface area (Å²) in [5, 5.41) is 4.87. The van der Waals surface area contributed by atoms with Gasteiger partial charge < -0.3 is 15.5 Å². The highest BCUT2D eigenvalue weighted by molar-refractivity contribution is 5.80. The number of anilines is 1. The van der Waals surface area contributed by atoms with E-state index in [1.165, 1.54) is 0 Å². The number of hydrogen-bond acceptors (Lipinski definition) is 5. The van der Waals surface area contributed by atoms with Crippen molar-refractivity contribution in [1.82, 2.24) is 19.7 Å². The SMILES string of the molecule is CCOc1ccc(N)cc1-c1nc2c(c(C)nn2CC)c(=O)[nH]1. The lowest BCUT2D eigenvalue weighted by atomic mass is 10.1. The van der Waals surface area contributed by atoms with E-state index in [9.17, 15) is 4.79 Å². The van der Waals surface area contributed by atoms with E-state index in [2.05, 4.69) is 15.1 Å². The average molecular weight is 313 g/mol. The summed E-state index contributed by atoms with van der Waals surface area (Å²) in [6, 6.07) is 5.28. The Bertz CT molecular complexity index is 926. The molecule has 0 aliphatic carbocycles. The molecule has 0 radical (unpaired) electrons. The third kappa shape index (κ3) is 2.54. The summed E-state index contributed by atoms with van der Waals surface area (Å²) in [5.74, 6) is 1.05. The number of nitrogens with two attached hydrogens (primary N) is 1. The van der Waals surface area contributed by atoms with E-state index in [-0.39, 0.29) is 5.56 Å². The van der Waals surface area contributed by atoms with Gasteiger partial charge in [0.2, 0.25) is 0 Å². The van der Waals surface area contributed by atoms with E-state index in [1.807, 2.05) is 13.8 Å². The van der Waals surface area contributed by atoms with Crippen LogP contribution in [0.2, 0.25) is 0 Å². The zero-order chi connectivity index (χ0) is 16.6. The Morgan fingerprint density at radius 1 is 1.35 bits per heavy atom. The lowest BCUT2D eigenvalue weighted by Crippen LogP contribution is -2.11. The molecule has 0 saturated carbocycles. The molecule has 0 amide bonds. The van der Waals surface area contributed by atoms with Crippen molar-refractivity contribution in [3.8, 4) is 17.1 Å². The van der Waals surface area contributed by atoms with Crippen LogP contribution in [0.4, 0.5) is 5.69 Å². The molecule has 23 heavy (non-hydrogen) atoms. The Labute approximate surface area is 133 Å². The molecule has 0 aliphatic heterocycles. The average Bonchev–Trinajstić information content (AvgIpc) is 2.86. The highest BCUT2D eigenvalue weighted by Gasteiger charge is 2.16. The zero-order valence-corrected chi connectivity index (χ0v) is 13.4. The minimum absolute atomic E-state index is 0.216. The number of fused-ring (bicyclic) bond motifs is 1. The summed E-state index contributed by atoms with van der Waals surface area (Å²) >= 11 is 0. The van der Waals surface area contributed by atoms with Crippen LogP contribution >= 0.6 is 0 Å². The monoisotopic (exact) mass is 313 g/mol. The number of aromatic amines is 1. The predicted molar refractivity (Wildman–Crippen MR) is 89.6 cm³/mol. The highest BCUT2D eigenvalue weighted by Crippen LogP contribution is 2.30. The van der Waals surface area contributed by atoms with Gasteiger partial charge in [-0.2, -0.15) is 5.10 Å². The van der Waals surface area contributed by atoms with Gasteiger partial charge in [0.05, 0.1) is 17.9 Å². The summed E-state index contributed by atoms with van der Waals surface area (Å²) in [7, 11) is 0. The molecule has 0 fully saturated rings. The minimum Gasteiger partial charge on any atom is -0.493 e. The molecule has 0 atom stereocenters. The maximum absolute atomic E-state index is 12.5. The van der Waals surface area contributed by atoms with Gasteiger partial charge in [-0.25, -0.2) is 9.67 Å². The molecule has 0 saturated heterocycles. The Morgan fingerprint density at radius 2 is 2.13 bits per heavy atom. The van der Waals surface area contributed by atoms with Crippen LogP contribution in [0.1, 0.15) is 19.5 Å². The molecule has 3 N–H and O–H groups in total. The zero-order valence-electron chi connectivity index (χ0n) is 13.4. The molecule has 0 spiro atoms. The van der Waals surface area contributed by atoms with Gasteiger partial charge in [0.15, 0.2) is 5.65 Å². The van der Waals surface area contributed by atoms with Gasteiger partial charge >= 0.3 is 0 Å². The fourth-order valence-corrected chi connectivity index (χ4v) is 2.61. The second-order valence-corrected chi connectivity index (χ2v) is 5.20. The molecule has 0 aliphatic rings. The Hall–Kier alpha value is -2.83. The number of nitrogen functional groups attached to an aromatic ring is 1. The standard InChI is InChI=1S/C16H19N5O2/c1-4-21-15-13(9(3)20-21)16(22)19-14(18-15)11-8-10(17)6-7-12(11)23-5-2/h6-8H,4-5,17H2,1-3H3,(H,18,19,22). The number of nitrogens with one attached hydrogen (secondary N) is 1. The Morgan fingerprint density at radius 3 is 2.83 bits per heavy atom. The van der Waals surface area contributed by atoms with Gasteiger partial charge in [0, 0.05) is 12.2 Å². The summed E-state index contributed by atoms with van der Waals surface area (Å²) < 4.78 is 7.34. The smallest absolute Gasteiger partial charge is 0.262 e. The van der Waals surface area contributed by atoms with Crippen molar-refractivity contribution in [2.45, 2.75) is 27.3 Å². The number of ether oxygens (including phenoxy) is 1. The number of benzene rings is 1. The van der Waals surface area contributed by atoms with E-state index in [1.54, 1.807) is 29.8 Å². The van der Waals surface area contributed by atoms with Gasteiger partial charge in [-0.1, -0.05) is 0 Å². The number of nitrogens with zero attached hydrogens (tertiary/aromatic N) is 3. The molecule has 7 nitrogen and oxygen atoms in total. The topological polar surface area (TPSA) is 98.8 Å². The van der Waals surface area contributed by atoms with Crippen LogP contribution in [0.25, 0.3) is 22.4 Å². The number of H-pyrrole nitrogens is 1. The normalized spacial score (nSPS) is 11.1. The molecule has 120 valence electrons. The van der Waals surface area contributed by atoms with Crippen LogP contribution in [0, 0.1) is 6.92 Å². The molecule has 2 heterocycles. The minimum atomic E-state index is -0.216. The van der Waals surface area contributed by atoms with E-state index >= 15 is 0 Å².